The molecule has 1 atom stereocenters. The molecule has 17 heavy (non-hydrogen) atoms. The van der Waals surface area contributed by atoms with Gasteiger partial charge in [-0.15, -0.1) is 0 Å². The van der Waals surface area contributed by atoms with E-state index in [2.05, 4.69) is 0 Å². The molecule has 0 aromatic carbocycles. The zero-order chi connectivity index (χ0) is 12.3. The van der Waals surface area contributed by atoms with E-state index in [1.54, 1.807) is 6.92 Å². The molecular formula is C14H22O3. The van der Waals surface area contributed by atoms with Gasteiger partial charge < -0.3 is 10.2 Å². The van der Waals surface area contributed by atoms with Crippen LogP contribution in [0, 0.1) is 23.2 Å². The molecule has 3 heteroatoms. The Morgan fingerprint density at radius 3 is 1.94 bits per heavy atom. The average molecular weight is 238 g/mol. The van der Waals surface area contributed by atoms with Gasteiger partial charge in [0.1, 0.15) is 0 Å². The van der Waals surface area contributed by atoms with E-state index < -0.39 is 11.6 Å². The summed E-state index contributed by atoms with van der Waals surface area (Å²) in [6, 6.07) is 0. The van der Waals surface area contributed by atoms with Crippen LogP contribution >= 0.6 is 0 Å². The van der Waals surface area contributed by atoms with Gasteiger partial charge in [0.15, 0.2) is 0 Å². The third-order valence-corrected chi connectivity index (χ3v) is 5.68. The first-order valence-electron chi connectivity index (χ1n) is 6.84. The summed E-state index contributed by atoms with van der Waals surface area (Å²) >= 11 is 0. The predicted octanol–water partition coefficient (Wildman–Crippen LogP) is 2.43. The Hall–Kier alpha value is -0.570. The average Bonchev–Trinajstić information content (AvgIpc) is 2.12. The smallest absolute Gasteiger partial charge is 0.306 e. The zero-order valence-electron chi connectivity index (χ0n) is 10.5. The molecule has 0 saturated heterocycles. The van der Waals surface area contributed by atoms with Crippen molar-refractivity contribution in [1.82, 2.24) is 0 Å². The molecule has 4 rings (SSSR count). The molecule has 4 fully saturated rings. The quantitative estimate of drug-likeness (QED) is 0.794. The van der Waals surface area contributed by atoms with Crippen molar-refractivity contribution in [3.63, 3.8) is 0 Å². The lowest BCUT2D eigenvalue weighted by molar-refractivity contribution is -0.182. The van der Waals surface area contributed by atoms with Crippen molar-refractivity contribution in [3.8, 4) is 0 Å². The normalized spacial score (nSPS) is 46.8. The van der Waals surface area contributed by atoms with E-state index in [9.17, 15) is 9.90 Å². The number of carboxylic acid groups (broad SMARTS) is 1. The lowest BCUT2D eigenvalue weighted by atomic mass is 9.45. The van der Waals surface area contributed by atoms with Crippen LogP contribution in [0.3, 0.4) is 0 Å². The highest BCUT2D eigenvalue weighted by molar-refractivity contribution is 5.68. The van der Waals surface area contributed by atoms with Crippen molar-refractivity contribution in [2.75, 3.05) is 0 Å². The summed E-state index contributed by atoms with van der Waals surface area (Å²) < 4.78 is 0. The third-order valence-electron chi connectivity index (χ3n) is 5.68. The van der Waals surface area contributed by atoms with Crippen molar-refractivity contribution in [1.29, 1.82) is 0 Å². The van der Waals surface area contributed by atoms with Gasteiger partial charge in [-0.2, -0.15) is 0 Å². The van der Waals surface area contributed by atoms with Crippen LogP contribution in [0.1, 0.15) is 51.9 Å². The van der Waals surface area contributed by atoms with Crippen LogP contribution in [0.5, 0.6) is 0 Å². The van der Waals surface area contributed by atoms with Gasteiger partial charge in [0.05, 0.1) is 12.0 Å². The third kappa shape index (κ3) is 1.70. The van der Waals surface area contributed by atoms with E-state index in [1.165, 1.54) is 19.3 Å². The Bertz CT molecular complexity index is 310. The molecule has 4 saturated carbocycles. The fourth-order valence-electron chi connectivity index (χ4n) is 5.25. The number of hydrogen-bond donors (Lipinski definition) is 2. The number of carbonyl (C=O) groups is 1. The fourth-order valence-corrected chi connectivity index (χ4v) is 5.25. The molecule has 0 unspecified atom stereocenters. The first-order valence-corrected chi connectivity index (χ1v) is 6.84. The number of rotatable bonds is 3. The lowest BCUT2D eigenvalue weighted by Crippen LogP contribution is -2.57. The van der Waals surface area contributed by atoms with Gasteiger partial charge in [-0.1, -0.05) is 0 Å². The van der Waals surface area contributed by atoms with Crippen molar-refractivity contribution in [2.24, 2.45) is 23.2 Å². The van der Waals surface area contributed by atoms with Crippen LogP contribution in [0.25, 0.3) is 0 Å². The van der Waals surface area contributed by atoms with Crippen LogP contribution in [0.4, 0.5) is 0 Å². The molecule has 0 aliphatic heterocycles. The summed E-state index contributed by atoms with van der Waals surface area (Å²) in [6.45, 7) is 1.76. The van der Waals surface area contributed by atoms with Crippen molar-refractivity contribution < 1.29 is 15.0 Å². The monoisotopic (exact) mass is 238 g/mol. The van der Waals surface area contributed by atoms with Crippen LogP contribution in [-0.2, 0) is 4.79 Å². The highest BCUT2D eigenvalue weighted by Crippen LogP contribution is 2.64. The van der Waals surface area contributed by atoms with Crippen LogP contribution in [0.2, 0.25) is 0 Å². The summed E-state index contributed by atoms with van der Waals surface area (Å²) in [5.41, 5.74) is -1.12. The first-order chi connectivity index (χ1) is 7.90. The Kier molecular flexibility index (Phi) is 2.35. The molecule has 0 radical (unpaired) electrons. The van der Waals surface area contributed by atoms with Gasteiger partial charge in [-0.3, -0.25) is 4.79 Å². The van der Waals surface area contributed by atoms with E-state index in [0.29, 0.717) is 0 Å². The summed E-state index contributed by atoms with van der Waals surface area (Å²) in [5, 5.41) is 19.7. The van der Waals surface area contributed by atoms with Gasteiger partial charge in [0.2, 0.25) is 0 Å². The molecule has 0 aromatic rings. The highest BCUT2D eigenvalue weighted by atomic mass is 16.4. The Morgan fingerprint density at radius 1 is 1.18 bits per heavy atom. The number of hydrogen-bond acceptors (Lipinski definition) is 2. The van der Waals surface area contributed by atoms with Gasteiger partial charge >= 0.3 is 5.97 Å². The summed E-state index contributed by atoms with van der Waals surface area (Å²) in [4.78, 5) is 10.9. The summed E-state index contributed by atoms with van der Waals surface area (Å²) in [7, 11) is 0. The molecule has 4 bridgehead atoms. The molecule has 96 valence electrons. The number of aliphatic hydroxyl groups is 1. The van der Waals surface area contributed by atoms with E-state index >= 15 is 0 Å². The predicted molar refractivity (Wildman–Crippen MR) is 63.5 cm³/mol. The Balaban J connectivity index is 1.88. The molecule has 0 heterocycles. The van der Waals surface area contributed by atoms with Crippen molar-refractivity contribution in [2.45, 2.75) is 57.5 Å². The molecular weight excluding hydrogens is 216 g/mol. The van der Waals surface area contributed by atoms with Crippen molar-refractivity contribution in [3.05, 3.63) is 0 Å². The number of carboxylic acids is 1. The maximum Gasteiger partial charge on any atom is 0.306 e. The van der Waals surface area contributed by atoms with E-state index in [-0.39, 0.29) is 11.8 Å². The van der Waals surface area contributed by atoms with Crippen LogP contribution in [0.15, 0.2) is 0 Å². The van der Waals surface area contributed by atoms with Gasteiger partial charge in [-0.25, -0.2) is 0 Å². The maximum atomic E-state index is 10.9. The second-order valence-corrected chi connectivity index (χ2v) is 7.04. The molecule has 0 aromatic heterocycles. The van der Waals surface area contributed by atoms with Crippen LogP contribution < -0.4 is 0 Å². The summed E-state index contributed by atoms with van der Waals surface area (Å²) in [6.07, 6.45) is 7.03. The maximum absolute atomic E-state index is 10.9. The van der Waals surface area contributed by atoms with Gasteiger partial charge in [-0.05, 0) is 63.2 Å². The minimum absolute atomic E-state index is 0.0971. The minimum Gasteiger partial charge on any atom is -0.481 e. The fraction of sp³-hybridized carbons (Fsp3) is 0.929. The van der Waals surface area contributed by atoms with Gasteiger partial charge in [0.25, 0.3) is 0 Å². The van der Waals surface area contributed by atoms with Crippen LogP contribution in [-0.4, -0.2) is 21.8 Å². The topological polar surface area (TPSA) is 57.5 Å². The zero-order valence-corrected chi connectivity index (χ0v) is 10.5. The SMILES string of the molecule is C[C@](O)(CC(=O)O)C12CC3CC(CC(C3)C1)C2. The second kappa shape index (κ2) is 3.47. The second-order valence-electron chi connectivity index (χ2n) is 7.04. The van der Waals surface area contributed by atoms with Crippen molar-refractivity contribution >= 4 is 5.97 Å². The standard InChI is InChI=1S/C14H22O3/c1-13(17,8-12(15)16)14-5-9-2-10(6-14)4-11(3-9)7-14/h9-11,17H,2-8H2,1H3,(H,15,16)/t9?,10?,11?,13-,14?/m0/s1. The largest absolute Gasteiger partial charge is 0.481 e. The van der Waals surface area contributed by atoms with Gasteiger partial charge in [0, 0.05) is 5.41 Å². The molecule has 0 amide bonds. The minimum atomic E-state index is -1.02. The summed E-state index contributed by atoms with van der Waals surface area (Å²) in [5.74, 6) is 1.38. The molecule has 4 aliphatic rings. The molecule has 4 aliphatic carbocycles. The highest BCUT2D eigenvalue weighted by Gasteiger charge is 2.58. The van der Waals surface area contributed by atoms with E-state index in [1.807, 2.05) is 0 Å². The lowest BCUT2D eigenvalue weighted by Gasteiger charge is -2.61. The van der Waals surface area contributed by atoms with E-state index in [0.717, 1.165) is 37.0 Å². The molecule has 0 spiro atoms. The molecule has 2 N–H and O–H groups in total. The first kappa shape index (κ1) is 11.5. The molecule has 3 nitrogen and oxygen atoms in total. The Morgan fingerprint density at radius 2 is 1.59 bits per heavy atom. The van der Waals surface area contributed by atoms with E-state index in [4.69, 9.17) is 5.11 Å². The number of aliphatic carboxylic acids is 1. The Labute approximate surface area is 102 Å².